The van der Waals surface area contributed by atoms with Gasteiger partial charge in [0.15, 0.2) is 0 Å². The molecular weight excluding hydrogens is 356 g/mol. The van der Waals surface area contributed by atoms with E-state index >= 15 is 0 Å². The lowest BCUT2D eigenvalue weighted by atomic mass is 10.00. The molecule has 3 rings (SSSR count). The van der Waals surface area contributed by atoms with Crippen LogP contribution in [0.3, 0.4) is 0 Å². The molecular formula is C19H25ClN2O2S. The first kappa shape index (κ1) is 19.8. The van der Waals surface area contributed by atoms with Gasteiger partial charge in [-0.3, -0.25) is 4.79 Å². The van der Waals surface area contributed by atoms with E-state index in [2.05, 4.69) is 29.6 Å². The molecule has 1 amide bonds. The zero-order chi connectivity index (χ0) is 16.9. The summed E-state index contributed by atoms with van der Waals surface area (Å²) in [5.74, 6) is 1.31. The standard InChI is InChI=1S/C19H24N2O2S.ClH/c1-23-15-7-5-13(6-8-15)18-10-9-16(24-18)12-21-19(22)11-14-3-2-4-17(14)20;/h5-10,14,17H,2-4,11-12,20H2,1H3,(H,21,22);1H/t14-,17+;/m0./s1. The molecule has 1 saturated carbocycles. The Morgan fingerprint density at radius 2 is 2.00 bits per heavy atom. The van der Waals surface area contributed by atoms with Crippen molar-refractivity contribution in [3.8, 4) is 16.2 Å². The minimum absolute atomic E-state index is 0. The molecule has 0 unspecified atom stereocenters. The SMILES string of the molecule is COc1ccc(-c2ccc(CNC(=O)C[C@@H]3CCC[C@H]3N)s2)cc1.Cl. The van der Waals surface area contributed by atoms with Gasteiger partial charge in [-0.1, -0.05) is 6.42 Å². The van der Waals surface area contributed by atoms with Crippen LogP contribution in [0, 0.1) is 5.92 Å². The average molecular weight is 381 g/mol. The van der Waals surface area contributed by atoms with Gasteiger partial charge in [0.25, 0.3) is 0 Å². The Morgan fingerprint density at radius 3 is 2.64 bits per heavy atom. The molecule has 136 valence electrons. The second-order valence-corrected chi connectivity index (χ2v) is 7.50. The second-order valence-electron chi connectivity index (χ2n) is 6.33. The number of methoxy groups -OCH3 is 1. The molecule has 0 spiro atoms. The molecule has 2 aromatic rings. The van der Waals surface area contributed by atoms with E-state index in [-0.39, 0.29) is 24.4 Å². The first-order valence-corrected chi connectivity index (χ1v) is 9.23. The van der Waals surface area contributed by atoms with Crippen molar-refractivity contribution in [3.63, 3.8) is 0 Å². The zero-order valence-electron chi connectivity index (χ0n) is 14.4. The summed E-state index contributed by atoms with van der Waals surface area (Å²) in [5, 5.41) is 3.03. The lowest BCUT2D eigenvalue weighted by molar-refractivity contribution is -0.122. The molecule has 6 heteroatoms. The zero-order valence-corrected chi connectivity index (χ0v) is 16.0. The number of amides is 1. The minimum Gasteiger partial charge on any atom is -0.497 e. The highest BCUT2D eigenvalue weighted by molar-refractivity contribution is 7.15. The summed E-state index contributed by atoms with van der Waals surface area (Å²) in [6.07, 6.45) is 3.83. The smallest absolute Gasteiger partial charge is 0.220 e. The summed E-state index contributed by atoms with van der Waals surface area (Å²) in [7, 11) is 1.67. The summed E-state index contributed by atoms with van der Waals surface area (Å²) in [6.45, 7) is 0.585. The Morgan fingerprint density at radius 1 is 1.24 bits per heavy atom. The minimum atomic E-state index is 0. The third-order valence-corrected chi connectivity index (χ3v) is 5.80. The average Bonchev–Trinajstić information content (AvgIpc) is 3.23. The Hall–Kier alpha value is -1.56. The molecule has 4 nitrogen and oxygen atoms in total. The predicted molar refractivity (Wildman–Crippen MR) is 105 cm³/mol. The van der Waals surface area contributed by atoms with Gasteiger partial charge in [0.2, 0.25) is 5.91 Å². The first-order chi connectivity index (χ1) is 11.7. The molecule has 2 atom stereocenters. The van der Waals surface area contributed by atoms with E-state index in [0.717, 1.165) is 35.5 Å². The highest BCUT2D eigenvalue weighted by Gasteiger charge is 2.25. The van der Waals surface area contributed by atoms with Crippen molar-refractivity contribution >= 4 is 29.7 Å². The van der Waals surface area contributed by atoms with Gasteiger partial charge in [-0.05, 0) is 60.7 Å². The third kappa shape index (κ3) is 5.21. The van der Waals surface area contributed by atoms with Gasteiger partial charge in [0.05, 0.1) is 13.7 Å². The quantitative estimate of drug-likeness (QED) is 0.796. The molecule has 1 aliphatic rings. The van der Waals surface area contributed by atoms with E-state index in [1.165, 1.54) is 4.88 Å². The monoisotopic (exact) mass is 380 g/mol. The van der Waals surface area contributed by atoms with Gasteiger partial charge < -0.3 is 15.8 Å². The lowest BCUT2D eigenvalue weighted by Crippen LogP contribution is -2.31. The molecule has 1 aromatic heterocycles. The number of hydrogen-bond acceptors (Lipinski definition) is 4. The van der Waals surface area contributed by atoms with Crippen molar-refractivity contribution in [1.82, 2.24) is 5.32 Å². The van der Waals surface area contributed by atoms with E-state index < -0.39 is 0 Å². The largest absolute Gasteiger partial charge is 0.497 e. The van der Waals surface area contributed by atoms with Gasteiger partial charge in [0.1, 0.15) is 5.75 Å². The maximum Gasteiger partial charge on any atom is 0.220 e. The first-order valence-electron chi connectivity index (χ1n) is 8.41. The molecule has 3 N–H and O–H groups in total. The number of halogens is 1. The number of carbonyl (C=O) groups is 1. The molecule has 0 aliphatic heterocycles. The fourth-order valence-corrected chi connectivity index (χ4v) is 4.15. The molecule has 25 heavy (non-hydrogen) atoms. The van der Waals surface area contributed by atoms with E-state index in [1.54, 1.807) is 18.4 Å². The van der Waals surface area contributed by atoms with Gasteiger partial charge >= 0.3 is 0 Å². The van der Waals surface area contributed by atoms with Crippen molar-refractivity contribution < 1.29 is 9.53 Å². The number of nitrogens with one attached hydrogen (secondary N) is 1. The maximum atomic E-state index is 12.1. The van der Waals surface area contributed by atoms with Crippen LogP contribution in [0.15, 0.2) is 36.4 Å². The summed E-state index contributed by atoms with van der Waals surface area (Å²) in [6, 6.07) is 12.4. The molecule has 1 aliphatic carbocycles. The van der Waals surface area contributed by atoms with Crippen LogP contribution in [0.5, 0.6) is 5.75 Å². The lowest BCUT2D eigenvalue weighted by Gasteiger charge is -2.14. The molecule has 1 heterocycles. The van der Waals surface area contributed by atoms with Crippen molar-refractivity contribution in [1.29, 1.82) is 0 Å². The van der Waals surface area contributed by atoms with Crippen LogP contribution in [0.2, 0.25) is 0 Å². The van der Waals surface area contributed by atoms with Crippen LogP contribution in [0.25, 0.3) is 10.4 Å². The van der Waals surface area contributed by atoms with E-state index in [9.17, 15) is 4.79 Å². The summed E-state index contributed by atoms with van der Waals surface area (Å²) >= 11 is 1.70. The van der Waals surface area contributed by atoms with Crippen LogP contribution in [0.4, 0.5) is 0 Å². The Kier molecular flexibility index (Phi) is 7.29. The Labute approximate surface area is 159 Å². The number of carbonyl (C=O) groups excluding carboxylic acids is 1. The number of ether oxygens (including phenoxy) is 1. The van der Waals surface area contributed by atoms with Crippen LogP contribution >= 0.6 is 23.7 Å². The maximum absolute atomic E-state index is 12.1. The van der Waals surface area contributed by atoms with Crippen LogP contribution in [0.1, 0.15) is 30.6 Å². The van der Waals surface area contributed by atoms with Gasteiger partial charge in [-0.15, -0.1) is 23.7 Å². The number of benzene rings is 1. The fraction of sp³-hybridized carbons (Fsp3) is 0.421. The topological polar surface area (TPSA) is 64.3 Å². The van der Waals surface area contributed by atoms with E-state index in [4.69, 9.17) is 10.5 Å². The number of rotatable bonds is 6. The summed E-state index contributed by atoms with van der Waals surface area (Å²) in [4.78, 5) is 14.4. The van der Waals surface area contributed by atoms with Crippen molar-refractivity contribution in [2.45, 2.75) is 38.3 Å². The summed E-state index contributed by atoms with van der Waals surface area (Å²) < 4.78 is 5.18. The highest BCUT2D eigenvalue weighted by Crippen LogP contribution is 2.30. The second kappa shape index (κ2) is 9.22. The van der Waals surface area contributed by atoms with Gasteiger partial charge in [0, 0.05) is 22.2 Å². The van der Waals surface area contributed by atoms with Crippen molar-refractivity contribution in [2.24, 2.45) is 11.7 Å². The van der Waals surface area contributed by atoms with Crippen LogP contribution < -0.4 is 15.8 Å². The number of thiophene rings is 1. The molecule has 0 saturated heterocycles. The molecule has 0 radical (unpaired) electrons. The molecule has 0 bridgehead atoms. The van der Waals surface area contributed by atoms with E-state index in [0.29, 0.717) is 18.9 Å². The van der Waals surface area contributed by atoms with Crippen molar-refractivity contribution in [3.05, 3.63) is 41.3 Å². The number of hydrogen-bond donors (Lipinski definition) is 2. The van der Waals surface area contributed by atoms with Crippen molar-refractivity contribution in [2.75, 3.05) is 7.11 Å². The Bertz CT molecular complexity index is 687. The third-order valence-electron chi connectivity index (χ3n) is 4.66. The molecule has 1 aromatic carbocycles. The van der Waals surface area contributed by atoms with Gasteiger partial charge in [-0.2, -0.15) is 0 Å². The van der Waals surface area contributed by atoms with Gasteiger partial charge in [-0.25, -0.2) is 0 Å². The van der Waals surface area contributed by atoms with E-state index in [1.807, 2.05) is 12.1 Å². The molecule has 1 fully saturated rings. The Balaban J connectivity index is 0.00000225. The normalized spacial score (nSPS) is 19.3. The summed E-state index contributed by atoms with van der Waals surface area (Å²) in [5.41, 5.74) is 7.20. The van der Waals surface area contributed by atoms with Crippen LogP contribution in [-0.4, -0.2) is 19.1 Å². The predicted octanol–water partition coefficient (Wildman–Crippen LogP) is 3.98. The number of nitrogens with two attached hydrogens (primary N) is 1. The fourth-order valence-electron chi connectivity index (χ4n) is 3.20. The highest BCUT2D eigenvalue weighted by atomic mass is 35.5. The van der Waals surface area contributed by atoms with Crippen LogP contribution in [-0.2, 0) is 11.3 Å².